The first kappa shape index (κ1) is 15.7. The quantitative estimate of drug-likeness (QED) is 0.788. The maximum absolute atomic E-state index is 2.45. The summed E-state index contributed by atoms with van der Waals surface area (Å²) in [7, 11) is 4.46. The van der Waals surface area contributed by atoms with Crippen molar-refractivity contribution in [2.75, 3.05) is 14.1 Å². The summed E-state index contributed by atoms with van der Waals surface area (Å²) in [4.78, 5) is 4.90. The Kier molecular flexibility index (Phi) is 4.42. The van der Waals surface area contributed by atoms with Gasteiger partial charge in [-0.1, -0.05) is 67.6 Å². The predicted molar refractivity (Wildman–Crippen MR) is 96.9 cm³/mol. The highest BCUT2D eigenvalue weighted by Gasteiger charge is 2.41. The monoisotopic (exact) mass is 306 g/mol. The van der Waals surface area contributed by atoms with Crippen LogP contribution in [0.3, 0.4) is 0 Å². The van der Waals surface area contributed by atoms with Crippen LogP contribution in [0.2, 0.25) is 0 Å². The highest BCUT2D eigenvalue weighted by Crippen LogP contribution is 2.47. The van der Waals surface area contributed by atoms with Gasteiger partial charge in [0.1, 0.15) is 5.82 Å². The van der Waals surface area contributed by atoms with E-state index in [2.05, 4.69) is 98.4 Å². The summed E-state index contributed by atoms with van der Waals surface area (Å²) in [5, 5.41) is 0. The van der Waals surface area contributed by atoms with Gasteiger partial charge in [0.2, 0.25) is 0 Å². The molecule has 0 aliphatic carbocycles. The van der Waals surface area contributed by atoms with Gasteiger partial charge >= 0.3 is 0 Å². The van der Waals surface area contributed by atoms with E-state index < -0.39 is 0 Å². The SMILES string of the molecule is CCC(C)=C1N(C)C(c2ccccc2)C(c2ccccc2)N1C. The molecule has 2 aromatic carbocycles. The normalized spacial score (nSPS) is 21.0. The lowest BCUT2D eigenvalue weighted by molar-refractivity contribution is 0.316. The van der Waals surface area contributed by atoms with Crippen molar-refractivity contribution >= 4 is 0 Å². The van der Waals surface area contributed by atoms with Crippen LogP contribution in [0.1, 0.15) is 43.5 Å². The number of allylic oxidation sites excluding steroid dienone is 1. The third kappa shape index (κ3) is 2.74. The van der Waals surface area contributed by atoms with Gasteiger partial charge in [-0.25, -0.2) is 0 Å². The number of hydrogen-bond donors (Lipinski definition) is 0. The van der Waals surface area contributed by atoms with Gasteiger partial charge in [-0.15, -0.1) is 0 Å². The first-order valence-electron chi connectivity index (χ1n) is 8.40. The number of rotatable bonds is 3. The Hall–Kier alpha value is -2.22. The Morgan fingerprint density at radius 2 is 1.17 bits per heavy atom. The van der Waals surface area contributed by atoms with Crippen LogP contribution >= 0.6 is 0 Å². The minimum absolute atomic E-state index is 0.333. The molecule has 1 saturated heterocycles. The van der Waals surface area contributed by atoms with E-state index in [-0.39, 0.29) is 0 Å². The lowest BCUT2D eigenvalue weighted by Gasteiger charge is -2.26. The second kappa shape index (κ2) is 6.49. The number of benzene rings is 2. The van der Waals surface area contributed by atoms with Crippen molar-refractivity contribution in [1.29, 1.82) is 0 Å². The minimum atomic E-state index is 0.333. The van der Waals surface area contributed by atoms with Gasteiger partial charge in [0.05, 0.1) is 12.1 Å². The van der Waals surface area contributed by atoms with Crippen molar-refractivity contribution in [2.24, 2.45) is 0 Å². The van der Waals surface area contributed by atoms with Crippen LogP contribution in [-0.4, -0.2) is 23.9 Å². The van der Waals surface area contributed by atoms with Crippen molar-refractivity contribution < 1.29 is 0 Å². The lowest BCUT2D eigenvalue weighted by atomic mass is 9.93. The molecule has 0 amide bonds. The Labute approximate surface area is 140 Å². The standard InChI is InChI=1S/C21H26N2/c1-5-16(2)21-22(3)19(17-12-8-6-9-13-17)20(23(21)4)18-14-10-7-11-15-18/h6-15,19-20H,5H2,1-4H3. The molecule has 3 rings (SSSR count). The number of nitrogens with zero attached hydrogens (tertiary/aromatic N) is 2. The van der Waals surface area contributed by atoms with Crippen LogP contribution in [0, 0.1) is 0 Å². The van der Waals surface area contributed by atoms with E-state index in [1.807, 2.05) is 0 Å². The Morgan fingerprint density at radius 3 is 1.52 bits per heavy atom. The summed E-state index contributed by atoms with van der Waals surface area (Å²) in [6.07, 6.45) is 1.08. The molecule has 0 radical (unpaired) electrons. The average Bonchev–Trinajstić information content (AvgIpc) is 2.86. The van der Waals surface area contributed by atoms with Crippen molar-refractivity contribution in [2.45, 2.75) is 32.4 Å². The first-order valence-corrected chi connectivity index (χ1v) is 8.40. The average molecular weight is 306 g/mol. The summed E-state index contributed by atoms with van der Waals surface area (Å²) < 4.78 is 0. The molecule has 2 atom stereocenters. The van der Waals surface area contributed by atoms with E-state index >= 15 is 0 Å². The van der Waals surface area contributed by atoms with Gasteiger partial charge in [-0.3, -0.25) is 0 Å². The van der Waals surface area contributed by atoms with Crippen molar-refractivity contribution in [1.82, 2.24) is 9.80 Å². The molecule has 1 fully saturated rings. The van der Waals surface area contributed by atoms with Gasteiger partial charge < -0.3 is 9.80 Å². The lowest BCUT2D eigenvalue weighted by Crippen LogP contribution is -2.20. The maximum Gasteiger partial charge on any atom is 0.103 e. The van der Waals surface area contributed by atoms with Crippen molar-refractivity contribution in [3.63, 3.8) is 0 Å². The number of likely N-dealkylation sites (N-methyl/N-ethyl adjacent to an activating group) is 2. The van der Waals surface area contributed by atoms with E-state index in [0.717, 1.165) is 6.42 Å². The van der Waals surface area contributed by atoms with E-state index in [0.29, 0.717) is 12.1 Å². The molecule has 2 heteroatoms. The zero-order valence-corrected chi connectivity index (χ0v) is 14.5. The van der Waals surface area contributed by atoms with E-state index in [1.54, 1.807) is 0 Å². The van der Waals surface area contributed by atoms with Crippen LogP contribution in [0.15, 0.2) is 72.1 Å². The van der Waals surface area contributed by atoms with Crippen LogP contribution in [-0.2, 0) is 0 Å². The van der Waals surface area contributed by atoms with Gasteiger partial charge in [0.15, 0.2) is 0 Å². The molecule has 0 bridgehead atoms. The van der Waals surface area contributed by atoms with E-state index in [4.69, 9.17) is 0 Å². The summed E-state index contributed by atoms with van der Waals surface area (Å²) in [6, 6.07) is 22.4. The van der Waals surface area contributed by atoms with Gasteiger partial charge in [-0.05, 0) is 30.0 Å². The highest BCUT2D eigenvalue weighted by molar-refractivity contribution is 5.34. The van der Waals surface area contributed by atoms with Crippen LogP contribution < -0.4 is 0 Å². The predicted octanol–water partition coefficient (Wildman–Crippen LogP) is 4.99. The molecule has 0 N–H and O–H groups in total. The summed E-state index contributed by atoms with van der Waals surface area (Å²) >= 11 is 0. The van der Waals surface area contributed by atoms with Gasteiger partial charge in [0.25, 0.3) is 0 Å². The fourth-order valence-corrected chi connectivity index (χ4v) is 3.81. The summed E-state index contributed by atoms with van der Waals surface area (Å²) in [6.45, 7) is 4.48. The molecule has 23 heavy (non-hydrogen) atoms. The molecule has 2 aromatic rings. The smallest absolute Gasteiger partial charge is 0.103 e. The summed E-state index contributed by atoms with van der Waals surface area (Å²) in [5.74, 6) is 1.36. The van der Waals surface area contributed by atoms with E-state index in [1.165, 1.54) is 22.5 Å². The molecule has 1 aliphatic heterocycles. The Bertz CT molecular complexity index is 622. The van der Waals surface area contributed by atoms with E-state index in [9.17, 15) is 0 Å². The molecule has 0 saturated carbocycles. The van der Waals surface area contributed by atoms with Crippen LogP contribution in [0.4, 0.5) is 0 Å². The maximum atomic E-state index is 2.45. The fraction of sp³-hybridized carbons (Fsp3) is 0.333. The third-order valence-corrected chi connectivity index (χ3v) is 5.00. The zero-order chi connectivity index (χ0) is 16.4. The van der Waals surface area contributed by atoms with Crippen molar-refractivity contribution in [3.8, 4) is 0 Å². The fourth-order valence-electron chi connectivity index (χ4n) is 3.81. The second-order valence-corrected chi connectivity index (χ2v) is 6.39. The largest absolute Gasteiger partial charge is 0.352 e. The zero-order valence-electron chi connectivity index (χ0n) is 14.5. The number of hydrogen-bond acceptors (Lipinski definition) is 2. The molecular weight excluding hydrogens is 280 g/mol. The minimum Gasteiger partial charge on any atom is -0.352 e. The molecule has 0 spiro atoms. The van der Waals surface area contributed by atoms with Crippen molar-refractivity contribution in [3.05, 3.63) is 83.2 Å². The van der Waals surface area contributed by atoms with Crippen LogP contribution in [0.25, 0.3) is 0 Å². The highest BCUT2D eigenvalue weighted by atomic mass is 15.4. The first-order chi connectivity index (χ1) is 11.1. The van der Waals surface area contributed by atoms with Gasteiger partial charge in [-0.2, -0.15) is 0 Å². The molecule has 1 aliphatic rings. The topological polar surface area (TPSA) is 6.48 Å². The summed E-state index contributed by atoms with van der Waals surface area (Å²) in [5.41, 5.74) is 4.18. The third-order valence-electron chi connectivity index (χ3n) is 5.00. The molecule has 2 nitrogen and oxygen atoms in total. The van der Waals surface area contributed by atoms with Gasteiger partial charge in [0, 0.05) is 14.1 Å². The molecule has 0 aromatic heterocycles. The molecule has 120 valence electrons. The molecule has 1 heterocycles. The molecule has 2 unspecified atom stereocenters. The Morgan fingerprint density at radius 1 is 0.783 bits per heavy atom. The van der Waals surface area contributed by atoms with Crippen LogP contribution in [0.5, 0.6) is 0 Å². The Balaban J connectivity index is 2.13. The molecular formula is C21H26N2. The second-order valence-electron chi connectivity index (χ2n) is 6.39.